The molecule has 1 saturated heterocycles. The number of aliphatic hydroxyl groups is 1. The molecule has 3 atom stereocenters. The van der Waals surface area contributed by atoms with E-state index in [0.717, 1.165) is 3.58 Å². The smallest absolute Gasteiger partial charge is 0.189 e. The highest BCUT2D eigenvalue weighted by atomic mass is 127. The van der Waals surface area contributed by atoms with Crippen molar-refractivity contribution in [3.05, 3.63) is 9.66 Å². The van der Waals surface area contributed by atoms with Crippen molar-refractivity contribution in [2.45, 2.75) is 18.5 Å². The van der Waals surface area contributed by atoms with Gasteiger partial charge in [-0.05, 0) is 28.7 Å². The summed E-state index contributed by atoms with van der Waals surface area (Å²) in [5.41, 5.74) is 0. The average Bonchev–Trinajstić information content (AvgIpc) is 2.29. The van der Waals surface area contributed by atoms with Crippen LogP contribution in [0.3, 0.4) is 0 Å². The Morgan fingerprint density at radius 3 is 3.30 bits per heavy atom. The molecule has 56 valence electrons. The Kier molecular flexibility index (Phi) is 1.71. The van der Waals surface area contributed by atoms with E-state index in [2.05, 4.69) is 22.6 Å². The van der Waals surface area contributed by atoms with E-state index < -0.39 is 12.4 Å². The van der Waals surface area contributed by atoms with Crippen molar-refractivity contribution in [3.8, 4) is 0 Å². The molecular weight excluding hydrogens is 247 g/mol. The van der Waals surface area contributed by atoms with Crippen LogP contribution in [0.5, 0.6) is 0 Å². The van der Waals surface area contributed by atoms with Crippen molar-refractivity contribution in [2.24, 2.45) is 0 Å². The Bertz CT molecular complexity index is 180. The fraction of sp³-hybridized carbons (Fsp3) is 0.667. The first kappa shape index (κ1) is 7.02. The number of fused-ring (bicyclic) bond motifs is 2. The van der Waals surface area contributed by atoms with Gasteiger partial charge in [0.15, 0.2) is 6.29 Å². The van der Waals surface area contributed by atoms with E-state index in [4.69, 9.17) is 9.47 Å². The molecule has 0 saturated carbocycles. The summed E-state index contributed by atoms with van der Waals surface area (Å²) in [4.78, 5) is 0. The van der Waals surface area contributed by atoms with Gasteiger partial charge in [-0.2, -0.15) is 0 Å². The summed E-state index contributed by atoms with van der Waals surface area (Å²) in [7, 11) is 0. The molecule has 0 aromatic heterocycles. The minimum absolute atomic E-state index is 0.0697. The van der Waals surface area contributed by atoms with E-state index in [-0.39, 0.29) is 6.10 Å². The normalized spacial score (nSPS) is 45.4. The monoisotopic (exact) mass is 254 g/mol. The van der Waals surface area contributed by atoms with Crippen molar-refractivity contribution in [1.29, 1.82) is 0 Å². The molecule has 0 aliphatic carbocycles. The van der Waals surface area contributed by atoms with Crippen molar-refractivity contribution in [3.63, 3.8) is 0 Å². The van der Waals surface area contributed by atoms with Crippen LogP contribution in [0, 0.1) is 0 Å². The molecule has 2 rings (SSSR count). The molecule has 0 amide bonds. The van der Waals surface area contributed by atoms with Crippen LogP contribution in [0.1, 0.15) is 0 Å². The van der Waals surface area contributed by atoms with Crippen LogP contribution in [-0.2, 0) is 9.47 Å². The molecule has 0 radical (unpaired) electrons. The van der Waals surface area contributed by atoms with Crippen molar-refractivity contribution >= 4 is 22.6 Å². The van der Waals surface area contributed by atoms with Gasteiger partial charge < -0.3 is 14.6 Å². The maximum atomic E-state index is 9.34. The van der Waals surface area contributed by atoms with Crippen LogP contribution < -0.4 is 0 Å². The first-order valence-electron chi connectivity index (χ1n) is 3.10. The summed E-state index contributed by atoms with van der Waals surface area (Å²) in [6, 6.07) is 0. The summed E-state index contributed by atoms with van der Waals surface area (Å²) in [6.07, 6.45) is 0.982. The van der Waals surface area contributed by atoms with E-state index in [1.165, 1.54) is 0 Å². The quantitative estimate of drug-likeness (QED) is 0.637. The van der Waals surface area contributed by atoms with E-state index in [1.54, 1.807) is 0 Å². The summed E-state index contributed by atoms with van der Waals surface area (Å²) < 4.78 is 11.3. The van der Waals surface area contributed by atoms with E-state index in [0.29, 0.717) is 6.61 Å². The van der Waals surface area contributed by atoms with Gasteiger partial charge in [-0.15, -0.1) is 0 Å². The number of hydrogen-bond donors (Lipinski definition) is 1. The lowest BCUT2D eigenvalue weighted by Gasteiger charge is -2.20. The largest absolute Gasteiger partial charge is 0.383 e. The molecule has 0 spiro atoms. The highest BCUT2D eigenvalue weighted by Gasteiger charge is 2.36. The second kappa shape index (κ2) is 2.44. The van der Waals surface area contributed by atoms with Gasteiger partial charge in [-0.3, -0.25) is 0 Å². The summed E-state index contributed by atoms with van der Waals surface area (Å²) in [5.74, 6) is 0. The molecule has 2 bridgehead atoms. The number of aliphatic hydroxyl groups excluding tert-OH is 1. The zero-order chi connectivity index (χ0) is 7.14. The summed E-state index contributed by atoms with van der Waals surface area (Å²) in [5, 5.41) is 9.34. The molecule has 2 aliphatic heterocycles. The zero-order valence-corrected chi connectivity index (χ0v) is 7.32. The number of halogens is 1. The maximum Gasteiger partial charge on any atom is 0.189 e. The molecule has 3 nitrogen and oxygen atoms in total. The van der Waals surface area contributed by atoms with Crippen LogP contribution in [-0.4, -0.2) is 30.2 Å². The summed E-state index contributed by atoms with van der Waals surface area (Å²) >= 11 is 2.10. The molecular formula is C6H7IO3. The van der Waals surface area contributed by atoms with Crippen LogP contribution in [0.4, 0.5) is 0 Å². The Morgan fingerprint density at radius 2 is 2.50 bits per heavy atom. The predicted octanol–water partition coefficient (Wildman–Crippen LogP) is 0.421. The van der Waals surface area contributed by atoms with Crippen LogP contribution in [0.25, 0.3) is 0 Å². The highest BCUT2D eigenvalue weighted by Crippen LogP contribution is 2.29. The van der Waals surface area contributed by atoms with Crippen molar-refractivity contribution in [1.82, 2.24) is 0 Å². The average molecular weight is 254 g/mol. The highest BCUT2D eigenvalue weighted by molar-refractivity contribution is 14.1. The van der Waals surface area contributed by atoms with E-state index >= 15 is 0 Å². The first-order valence-corrected chi connectivity index (χ1v) is 4.17. The van der Waals surface area contributed by atoms with Gasteiger partial charge in [0.1, 0.15) is 12.2 Å². The molecule has 0 unspecified atom stereocenters. The second-order valence-corrected chi connectivity index (χ2v) is 3.62. The van der Waals surface area contributed by atoms with E-state index in [1.807, 2.05) is 6.08 Å². The third-order valence-corrected chi connectivity index (χ3v) is 2.62. The minimum Gasteiger partial charge on any atom is -0.383 e. The Balaban J connectivity index is 2.25. The number of rotatable bonds is 0. The molecule has 10 heavy (non-hydrogen) atoms. The molecule has 0 aromatic carbocycles. The van der Waals surface area contributed by atoms with Gasteiger partial charge in [0, 0.05) is 3.58 Å². The second-order valence-electron chi connectivity index (χ2n) is 2.37. The topological polar surface area (TPSA) is 38.7 Å². The maximum absolute atomic E-state index is 9.34. The van der Waals surface area contributed by atoms with E-state index in [9.17, 15) is 5.11 Å². The minimum atomic E-state index is -0.570. The molecule has 1 N–H and O–H groups in total. The SMILES string of the molecule is O[C@H]1C(I)=C[C@H]2CO[C@@H]1O2. The standard InChI is InChI=1S/C6H7IO3/c7-4-1-3-2-9-6(10-3)5(4)8/h1,3,5-6,8H,2H2/t3-,5-,6+/m0/s1. The lowest BCUT2D eigenvalue weighted by molar-refractivity contribution is -0.116. The van der Waals surface area contributed by atoms with Gasteiger partial charge in [0.2, 0.25) is 0 Å². The lowest BCUT2D eigenvalue weighted by Crippen LogP contribution is -2.30. The third kappa shape index (κ3) is 0.990. The predicted molar refractivity (Wildman–Crippen MR) is 42.7 cm³/mol. The fourth-order valence-corrected chi connectivity index (χ4v) is 1.79. The van der Waals surface area contributed by atoms with Gasteiger partial charge in [-0.25, -0.2) is 0 Å². The zero-order valence-electron chi connectivity index (χ0n) is 5.16. The first-order chi connectivity index (χ1) is 4.77. The molecule has 2 aliphatic rings. The Labute approximate surface area is 72.1 Å². The van der Waals surface area contributed by atoms with Crippen LogP contribution in [0.15, 0.2) is 9.66 Å². The van der Waals surface area contributed by atoms with Crippen molar-refractivity contribution in [2.75, 3.05) is 6.61 Å². The number of hydrogen-bond acceptors (Lipinski definition) is 3. The molecule has 1 fully saturated rings. The lowest BCUT2D eigenvalue weighted by atomic mass is 10.2. The van der Waals surface area contributed by atoms with Crippen LogP contribution >= 0.6 is 22.6 Å². The number of ether oxygens (including phenoxy) is 2. The molecule has 4 heteroatoms. The molecule has 0 aromatic rings. The Hall–Kier alpha value is 0.350. The summed E-state index contributed by atoms with van der Waals surface area (Å²) in [6.45, 7) is 0.578. The van der Waals surface area contributed by atoms with Crippen molar-refractivity contribution < 1.29 is 14.6 Å². The van der Waals surface area contributed by atoms with Gasteiger partial charge >= 0.3 is 0 Å². The third-order valence-electron chi connectivity index (χ3n) is 1.62. The van der Waals surface area contributed by atoms with Crippen LogP contribution in [0.2, 0.25) is 0 Å². The molecule has 2 heterocycles. The van der Waals surface area contributed by atoms with Gasteiger partial charge in [0.25, 0.3) is 0 Å². The fourth-order valence-electron chi connectivity index (χ4n) is 1.10. The van der Waals surface area contributed by atoms with Gasteiger partial charge in [-0.1, -0.05) is 0 Å². The Morgan fingerprint density at radius 1 is 1.70 bits per heavy atom. The van der Waals surface area contributed by atoms with Gasteiger partial charge in [0.05, 0.1) is 6.61 Å².